The number of aliphatic hydroxyl groups is 10. The molecule has 0 saturated carbocycles. The molecule has 0 heterocycles. The van der Waals surface area contributed by atoms with E-state index in [4.69, 9.17) is 51.1 Å². The van der Waals surface area contributed by atoms with Gasteiger partial charge in [-0.1, -0.05) is 0 Å². The summed E-state index contributed by atoms with van der Waals surface area (Å²) in [4.78, 5) is 0. The Kier molecular flexibility index (Phi) is 13.5. The molecule has 10 N–H and O–H groups in total. The van der Waals surface area contributed by atoms with Crippen molar-refractivity contribution in [1.82, 2.24) is 0 Å². The lowest BCUT2D eigenvalue weighted by Crippen LogP contribution is -2.46. The average molecular weight is 304 g/mol. The molecule has 0 amide bonds. The van der Waals surface area contributed by atoms with Gasteiger partial charge in [0.15, 0.2) is 0 Å². The summed E-state index contributed by atoms with van der Waals surface area (Å²) in [5, 5.41) is 85.3. The van der Waals surface area contributed by atoms with Crippen molar-refractivity contribution in [3.63, 3.8) is 0 Å². The zero-order chi connectivity index (χ0) is 16.3. The smallest absolute Gasteiger partial charge is 0.111 e. The van der Waals surface area contributed by atoms with Crippen molar-refractivity contribution >= 4 is 0 Å². The van der Waals surface area contributed by atoms with Crippen molar-refractivity contribution in [3.05, 3.63) is 0 Å². The summed E-state index contributed by atoms with van der Waals surface area (Å²) in [5.41, 5.74) is 0. The normalized spacial score (nSPS) is 20.1. The van der Waals surface area contributed by atoms with E-state index in [0.29, 0.717) is 0 Å². The molecular weight excluding hydrogens is 280 g/mol. The minimum Gasteiger partial charge on any atom is -0.394 e. The first-order chi connectivity index (χ1) is 9.26. The Bertz CT molecular complexity index is 194. The largest absolute Gasteiger partial charge is 0.394 e. The lowest BCUT2D eigenvalue weighted by molar-refractivity contribution is -0.123. The highest BCUT2D eigenvalue weighted by Crippen LogP contribution is 2.04. The second-order valence-electron chi connectivity index (χ2n) is 3.98. The molecule has 0 aliphatic carbocycles. The van der Waals surface area contributed by atoms with Crippen LogP contribution in [0.4, 0.5) is 0 Å². The molecule has 0 radical (unpaired) electrons. The lowest BCUT2D eigenvalue weighted by atomic mass is 10.0. The van der Waals surface area contributed by atoms with Crippen LogP contribution in [-0.4, -0.2) is 114 Å². The van der Waals surface area contributed by atoms with Crippen molar-refractivity contribution in [3.8, 4) is 0 Å². The molecule has 6 atom stereocenters. The molecule has 0 aromatic carbocycles. The van der Waals surface area contributed by atoms with Crippen molar-refractivity contribution < 1.29 is 51.1 Å². The average Bonchev–Trinajstić information content (AvgIpc) is 2.50. The highest BCUT2D eigenvalue weighted by molar-refractivity contribution is 4.79. The summed E-state index contributed by atoms with van der Waals surface area (Å²) in [6.07, 6.45) is -8.84. The van der Waals surface area contributed by atoms with E-state index in [1.165, 1.54) is 0 Å². The summed E-state index contributed by atoms with van der Waals surface area (Å²) in [7, 11) is 0. The van der Waals surface area contributed by atoms with Crippen LogP contribution in [0.1, 0.15) is 0 Å². The molecule has 124 valence electrons. The molecule has 0 bridgehead atoms. The third-order valence-electron chi connectivity index (χ3n) is 2.33. The summed E-state index contributed by atoms with van der Waals surface area (Å²) >= 11 is 0. The van der Waals surface area contributed by atoms with Gasteiger partial charge in [0.25, 0.3) is 0 Å². The zero-order valence-corrected chi connectivity index (χ0v) is 10.8. The van der Waals surface area contributed by atoms with E-state index in [1.807, 2.05) is 0 Å². The van der Waals surface area contributed by atoms with Gasteiger partial charge in [-0.3, -0.25) is 0 Å². The van der Waals surface area contributed by atoms with Gasteiger partial charge in [-0.15, -0.1) is 0 Å². The first-order valence-electron chi connectivity index (χ1n) is 5.78. The van der Waals surface area contributed by atoms with Crippen LogP contribution in [0.25, 0.3) is 0 Å². The van der Waals surface area contributed by atoms with Gasteiger partial charge in [-0.25, -0.2) is 0 Å². The molecular formula is C10H24O10. The number of aliphatic hydroxyl groups excluding tert-OH is 10. The van der Waals surface area contributed by atoms with Gasteiger partial charge >= 0.3 is 0 Å². The van der Waals surface area contributed by atoms with E-state index in [9.17, 15) is 0 Å². The maximum Gasteiger partial charge on any atom is 0.111 e. The molecule has 0 fully saturated rings. The van der Waals surface area contributed by atoms with Crippen LogP contribution in [0.15, 0.2) is 0 Å². The van der Waals surface area contributed by atoms with Gasteiger partial charge < -0.3 is 51.1 Å². The fourth-order valence-corrected chi connectivity index (χ4v) is 0.915. The molecule has 20 heavy (non-hydrogen) atoms. The van der Waals surface area contributed by atoms with Crippen LogP contribution in [0, 0.1) is 0 Å². The maximum atomic E-state index is 8.96. The summed E-state index contributed by atoms with van der Waals surface area (Å²) in [6.45, 7) is -2.50. The third kappa shape index (κ3) is 8.71. The Morgan fingerprint density at radius 3 is 0.750 bits per heavy atom. The predicted octanol–water partition coefficient (Wildman–Crippen LogP) is -5.89. The maximum absolute atomic E-state index is 8.96. The molecule has 0 saturated heterocycles. The second-order valence-corrected chi connectivity index (χ2v) is 3.98. The SMILES string of the molecule is OCC(O)C(O)C(O)C(O)CO.OCC(O)C(O)CO. The van der Waals surface area contributed by atoms with Crippen LogP contribution in [0.3, 0.4) is 0 Å². The van der Waals surface area contributed by atoms with Crippen LogP contribution in [-0.2, 0) is 0 Å². The lowest BCUT2D eigenvalue weighted by Gasteiger charge is -2.24. The van der Waals surface area contributed by atoms with E-state index in [-0.39, 0.29) is 0 Å². The topological polar surface area (TPSA) is 202 Å². The van der Waals surface area contributed by atoms with E-state index in [1.54, 1.807) is 0 Å². The van der Waals surface area contributed by atoms with Gasteiger partial charge in [0.05, 0.1) is 26.4 Å². The highest BCUT2D eigenvalue weighted by atomic mass is 16.4. The van der Waals surface area contributed by atoms with Gasteiger partial charge in [0, 0.05) is 0 Å². The molecule has 0 rings (SSSR count). The first kappa shape index (κ1) is 21.9. The Labute approximate surface area is 115 Å². The molecule has 6 unspecified atom stereocenters. The summed E-state index contributed by atoms with van der Waals surface area (Å²) in [6, 6.07) is 0. The third-order valence-corrected chi connectivity index (χ3v) is 2.33. The molecule has 0 aromatic heterocycles. The van der Waals surface area contributed by atoms with Gasteiger partial charge in [-0.2, -0.15) is 0 Å². The molecule has 0 aromatic rings. The van der Waals surface area contributed by atoms with Crippen LogP contribution >= 0.6 is 0 Å². The van der Waals surface area contributed by atoms with Gasteiger partial charge in [0.1, 0.15) is 36.6 Å². The number of hydrogen-bond acceptors (Lipinski definition) is 10. The number of hydrogen-bond donors (Lipinski definition) is 10. The van der Waals surface area contributed by atoms with Gasteiger partial charge in [0.2, 0.25) is 0 Å². The van der Waals surface area contributed by atoms with Crippen LogP contribution in [0.5, 0.6) is 0 Å². The van der Waals surface area contributed by atoms with E-state index in [0.717, 1.165) is 0 Å². The van der Waals surface area contributed by atoms with Crippen LogP contribution in [0.2, 0.25) is 0 Å². The molecule has 0 spiro atoms. The Morgan fingerprint density at radius 1 is 0.400 bits per heavy atom. The monoisotopic (exact) mass is 304 g/mol. The van der Waals surface area contributed by atoms with Gasteiger partial charge in [-0.05, 0) is 0 Å². The molecule has 0 aliphatic heterocycles. The Hall–Kier alpha value is -0.400. The second kappa shape index (κ2) is 12.3. The minimum atomic E-state index is -1.67. The van der Waals surface area contributed by atoms with Crippen molar-refractivity contribution in [1.29, 1.82) is 0 Å². The van der Waals surface area contributed by atoms with E-state index < -0.39 is 63.1 Å². The Balaban J connectivity index is 0. The first-order valence-corrected chi connectivity index (χ1v) is 5.78. The quantitative estimate of drug-likeness (QED) is 0.206. The molecule has 0 aliphatic rings. The molecule has 10 heteroatoms. The Morgan fingerprint density at radius 2 is 0.600 bits per heavy atom. The van der Waals surface area contributed by atoms with E-state index >= 15 is 0 Å². The minimum absolute atomic E-state index is 0.526. The zero-order valence-electron chi connectivity index (χ0n) is 10.8. The summed E-state index contributed by atoms with van der Waals surface area (Å²) in [5.74, 6) is 0. The fourth-order valence-electron chi connectivity index (χ4n) is 0.915. The van der Waals surface area contributed by atoms with Crippen molar-refractivity contribution in [2.24, 2.45) is 0 Å². The fraction of sp³-hybridized carbons (Fsp3) is 1.00. The molecule has 10 nitrogen and oxygen atoms in total. The van der Waals surface area contributed by atoms with Crippen molar-refractivity contribution in [2.45, 2.75) is 36.6 Å². The van der Waals surface area contributed by atoms with E-state index in [2.05, 4.69) is 0 Å². The standard InChI is InChI=1S/C6H14O6.C4H10O4/c7-1-3(9)5(11)6(12)4(10)2-8;5-1-3(7)4(8)2-6/h3-12H,1-2H2;3-8H,1-2H2. The summed E-state index contributed by atoms with van der Waals surface area (Å²) < 4.78 is 0. The predicted molar refractivity (Wildman–Crippen MR) is 64.4 cm³/mol. The van der Waals surface area contributed by atoms with Crippen molar-refractivity contribution in [2.75, 3.05) is 26.4 Å². The number of rotatable bonds is 8. The van der Waals surface area contributed by atoms with Crippen LogP contribution < -0.4 is 0 Å². The highest BCUT2D eigenvalue weighted by Gasteiger charge is 2.29.